The zero-order valence-corrected chi connectivity index (χ0v) is 6.14. The summed E-state index contributed by atoms with van der Waals surface area (Å²) in [5.41, 5.74) is 0. The topological polar surface area (TPSA) is 70.6 Å². The van der Waals surface area contributed by atoms with Crippen LogP contribution < -0.4 is 14.2 Å². The van der Waals surface area contributed by atoms with E-state index >= 15 is 0 Å². The van der Waals surface area contributed by atoms with Crippen LogP contribution in [-0.4, -0.2) is 24.2 Å². The number of methoxy groups -OCH3 is 2. The second-order valence-electron chi connectivity index (χ2n) is 1.80. The first-order valence-corrected chi connectivity index (χ1v) is 2.82. The number of aromatic nitrogens is 2. The highest BCUT2D eigenvalue weighted by molar-refractivity contribution is 5.20. The molecule has 0 saturated carbocycles. The fourth-order valence-electron chi connectivity index (χ4n) is 0.755. The van der Waals surface area contributed by atoms with Crippen molar-refractivity contribution in [3.05, 3.63) is 11.5 Å². The lowest BCUT2D eigenvalue weighted by Gasteiger charge is -1.99. The molecule has 0 unspecified atom stereocenters. The minimum atomic E-state index is -0.0741. The lowest BCUT2D eigenvalue weighted by atomic mass is 10.8. The third kappa shape index (κ3) is 1.02. The SMILES string of the molecule is COc1c(OC)[n+]([O-])cn1O. The zero-order valence-electron chi connectivity index (χ0n) is 6.14. The summed E-state index contributed by atoms with van der Waals surface area (Å²) < 4.78 is 10.2. The van der Waals surface area contributed by atoms with Crippen LogP contribution in [0.2, 0.25) is 0 Å². The molecule has 0 bridgehead atoms. The maximum Gasteiger partial charge on any atom is 0.412 e. The van der Waals surface area contributed by atoms with Crippen molar-refractivity contribution in [1.29, 1.82) is 0 Å². The molecule has 0 amide bonds. The van der Waals surface area contributed by atoms with E-state index in [0.29, 0.717) is 9.46 Å². The maximum atomic E-state index is 10.8. The van der Waals surface area contributed by atoms with Crippen LogP contribution in [0.3, 0.4) is 0 Å². The zero-order chi connectivity index (χ0) is 8.43. The summed E-state index contributed by atoms with van der Waals surface area (Å²) in [4.78, 5) is 0. The molecule has 0 aliphatic rings. The molecule has 0 radical (unpaired) electrons. The van der Waals surface area contributed by atoms with Gasteiger partial charge in [0.15, 0.2) is 0 Å². The summed E-state index contributed by atoms with van der Waals surface area (Å²) in [7, 11) is 2.64. The van der Waals surface area contributed by atoms with E-state index < -0.39 is 0 Å². The molecular formula is C5H8N2O4. The number of hydrogen-bond donors (Lipinski definition) is 1. The Labute approximate surface area is 62.7 Å². The molecule has 0 atom stereocenters. The van der Waals surface area contributed by atoms with Crippen molar-refractivity contribution < 1.29 is 19.4 Å². The first-order valence-electron chi connectivity index (χ1n) is 2.82. The number of ether oxygens (including phenoxy) is 2. The van der Waals surface area contributed by atoms with Gasteiger partial charge in [0.25, 0.3) is 6.33 Å². The third-order valence-electron chi connectivity index (χ3n) is 1.19. The average Bonchev–Trinajstić information content (AvgIpc) is 2.24. The molecule has 0 fully saturated rings. The van der Waals surface area contributed by atoms with Crippen molar-refractivity contribution in [2.45, 2.75) is 0 Å². The highest BCUT2D eigenvalue weighted by Gasteiger charge is 2.21. The Balaban J connectivity index is 3.17. The van der Waals surface area contributed by atoms with E-state index in [-0.39, 0.29) is 11.8 Å². The monoisotopic (exact) mass is 160 g/mol. The van der Waals surface area contributed by atoms with Crippen LogP contribution in [0.4, 0.5) is 0 Å². The lowest BCUT2D eigenvalue weighted by Crippen LogP contribution is -2.24. The van der Waals surface area contributed by atoms with Gasteiger partial charge in [-0.1, -0.05) is 0 Å². The van der Waals surface area contributed by atoms with Gasteiger partial charge >= 0.3 is 11.8 Å². The van der Waals surface area contributed by atoms with Gasteiger partial charge in [-0.3, -0.25) is 0 Å². The highest BCUT2D eigenvalue weighted by Crippen LogP contribution is 2.20. The Kier molecular flexibility index (Phi) is 1.75. The molecule has 11 heavy (non-hydrogen) atoms. The molecule has 6 nitrogen and oxygen atoms in total. The first-order chi connectivity index (χ1) is 5.20. The molecule has 1 N–H and O–H groups in total. The van der Waals surface area contributed by atoms with E-state index in [2.05, 4.69) is 9.47 Å². The van der Waals surface area contributed by atoms with E-state index in [0.717, 1.165) is 6.33 Å². The summed E-state index contributed by atoms with van der Waals surface area (Å²) in [5.74, 6) is -0.0995. The second kappa shape index (κ2) is 2.57. The average molecular weight is 160 g/mol. The van der Waals surface area contributed by atoms with Gasteiger partial charge < -0.3 is 19.9 Å². The summed E-state index contributed by atoms with van der Waals surface area (Å²) >= 11 is 0. The standard InChI is InChI=1S/C5H8N2O4/c1-10-4-5(11-2)7(9)3-6(4)8/h3,8H,1-2H3. The van der Waals surface area contributed by atoms with Crippen molar-refractivity contribution >= 4 is 0 Å². The third-order valence-corrected chi connectivity index (χ3v) is 1.19. The van der Waals surface area contributed by atoms with Gasteiger partial charge in [0.1, 0.15) is 0 Å². The number of rotatable bonds is 2. The van der Waals surface area contributed by atoms with E-state index in [1.807, 2.05) is 0 Å². The predicted octanol–water partition coefficient (Wildman–Crippen LogP) is -0.624. The van der Waals surface area contributed by atoms with Gasteiger partial charge in [-0.25, -0.2) is 0 Å². The molecule has 62 valence electrons. The molecule has 1 aromatic heterocycles. The van der Waals surface area contributed by atoms with Gasteiger partial charge in [-0.2, -0.15) is 4.73 Å². The van der Waals surface area contributed by atoms with Gasteiger partial charge in [0.2, 0.25) is 0 Å². The molecule has 1 rings (SSSR count). The summed E-state index contributed by atoms with van der Waals surface area (Å²) in [5, 5.41) is 19.7. The van der Waals surface area contributed by atoms with Crippen LogP contribution in [0.25, 0.3) is 0 Å². The molecule has 0 aromatic carbocycles. The highest BCUT2D eigenvalue weighted by atomic mass is 16.6. The molecule has 0 saturated heterocycles. The molecule has 1 aromatic rings. The summed E-state index contributed by atoms with van der Waals surface area (Å²) in [6.45, 7) is 0. The fraction of sp³-hybridized carbons (Fsp3) is 0.400. The fourth-order valence-corrected chi connectivity index (χ4v) is 0.755. The van der Waals surface area contributed by atoms with Crippen LogP contribution in [0, 0.1) is 5.21 Å². The second-order valence-corrected chi connectivity index (χ2v) is 1.80. The van der Waals surface area contributed by atoms with Crippen LogP contribution in [0.5, 0.6) is 11.8 Å². The minimum Gasteiger partial charge on any atom is -0.708 e. The molecule has 1 heterocycles. The van der Waals surface area contributed by atoms with E-state index in [1.165, 1.54) is 14.2 Å². The van der Waals surface area contributed by atoms with Gasteiger partial charge in [-0.05, 0) is 4.73 Å². The number of hydrogen-bond acceptors (Lipinski definition) is 4. The Morgan fingerprint density at radius 1 is 1.55 bits per heavy atom. The first kappa shape index (κ1) is 7.52. The van der Waals surface area contributed by atoms with Crippen LogP contribution in [-0.2, 0) is 0 Å². The number of nitrogens with zero attached hydrogens (tertiary/aromatic N) is 2. The lowest BCUT2D eigenvalue weighted by molar-refractivity contribution is -0.612. The van der Waals surface area contributed by atoms with Crippen LogP contribution >= 0.6 is 0 Å². The summed E-state index contributed by atoms with van der Waals surface area (Å²) in [6, 6.07) is 0. The quantitative estimate of drug-likeness (QED) is 0.355. The van der Waals surface area contributed by atoms with Crippen molar-refractivity contribution in [3.8, 4) is 11.8 Å². The molecule has 0 aliphatic carbocycles. The molecule has 0 aliphatic heterocycles. The normalized spacial score (nSPS) is 9.64. The predicted molar refractivity (Wildman–Crippen MR) is 33.7 cm³/mol. The van der Waals surface area contributed by atoms with E-state index in [9.17, 15) is 5.21 Å². The minimum absolute atomic E-state index is 0.0255. The van der Waals surface area contributed by atoms with Gasteiger partial charge in [-0.15, -0.1) is 0 Å². The van der Waals surface area contributed by atoms with Gasteiger partial charge in [0, 0.05) is 0 Å². The Hall–Kier alpha value is -1.59. The largest absolute Gasteiger partial charge is 0.708 e. The maximum absolute atomic E-state index is 10.8. The Morgan fingerprint density at radius 3 is 2.55 bits per heavy atom. The Morgan fingerprint density at radius 2 is 2.18 bits per heavy atom. The number of imidazole rings is 1. The smallest absolute Gasteiger partial charge is 0.412 e. The summed E-state index contributed by atoms with van der Waals surface area (Å²) in [6.07, 6.45) is 0.887. The van der Waals surface area contributed by atoms with E-state index in [1.54, 1.807) is 0 Å². The Bertz CT molecular complexity index is 233. The van der Waals surface area contributed by atoms with Crippen LogP contribution in [0.1, 0.15) is 0 Å². The van der Waals surface area contributed by atoms with Crippen molar-refractivity contribution in [2.24, 2.45) is 0 Å². The van der Waals surface area contributed by atoms with E-state index in [4.69, 9.17) is 5.21 Å². The van der Waals surface area contributed by atoms with Crippen molar-refractivity contribution in [1.82, 2.24) is 4.73 Å². The molecule has 6 heteroatoms. The van der Waals surface area contributed by atoms with Crippen molar-refractivity contribution in [2.75, 3.05) is 14.2 Å². The molecule has 0 spiro atoms. The van der Waals surface area contributed by atoms with Gasteiger partial charge in [0.05, 0.1) is 14.2 Å². The molecular weight excluding hydrogens is 152 g/mol. The van der Waals surface area contributed by atoms with Crippen molar-refractivity contribution in [3.63, 3.8) is 0 Å². The van der Waals surface area contributed by atoms with Crippen LogP contribution in [0.15, 0.2) is 6.33 Å².